The Hall–Kier alpha value is -0.860. The van der Waals surface area contributed by atoms with Gasteiger partial charge in [-0.05, 0) is 57.5 Å². The summed E-state index contributed by atoms with van der Waals surface area (Å²) in [6.45, 7) is 11.1. The highest BCUT2D eigenvalue weighted by Crippen LogP contribution is 2.30. The molecule has 1 unspecified atom stereocenters. The summed E-state index contributed by atoms with van der Waals surface area (Å²) in [7, 11) is 4.05. The van der Waals surface area contributed by atoms with Crippen molar-refractivity contribution in [2.45, 2.75) is 52.1 Å². The molecule has 0 saturated heterocycles. The molecule has 0 amide bonds. The first-order valence-corrected chi connectivity index (χ1v) is 6.80. The van der Waals surface area contributed by atoms with Crippen molar-refractivity contribution in [3.05, 3.63) is 34.9 Å². The number of benzene rings is 1. The zero-order valence-corrected chi connectivity index (χ0v) is 12.9. The van der Waals surface area contributed by atoms with E-state index in [1.807, 2.05) is 14.1 Å². The molecule has 1 atom stereocenters. The van der Waals surface area contributed by atoms with Crippen LogP contribution in [-0.4, -0.2) is 19.6 Å². The fourth-order valence-corrected chi connectivity index (χ4v) is 2.38. The van der Waals surface area contributed by atoms with E-state index in [1.54, 1.807) is 0 Å². The van der Waals surface area contributed by atoms with Crippen molar-refractivity contribution in [1.82, 2.24) is 10.6 Å². The molecule has 0 aromatic heterocycles. The number of likely N-dealkylation sites (N-methyl/N-ethyl adjacent to an activating group) is 2. The molecule has 0 heterocycles. The Bertz CT molecular complexity index is 394. The first kappa shape index (κ1) is 15.2. The largest absolute Gasteiger partial charge is 0.313 e. The Morgan fingerprint density at radius 1 is 1.11 bits per heavy atom. The molecule has 0 fully saturated rings. The predicted octanol–water partition coefficient (Wildman–Crippen LogP) is 3.38. The fraction of sp³-hybridized carbons (Fsp3) is 0.625. The molecule has 1 aromatic carbocycles. The molecule has 2 nitrogen and oxygen atoms in total. The second-order valence-electron chi connectivity index (χ2n) is 5.96. The molecule has 0 radical (unpaired) electrons. The van der Waals surface area contributed by atoms with Crippen LogP contribution >= 0.6 is 0 Å². The molecule has 102 valence electrons. The maximum Gasteiger partial charge on any atom is 0.0499 e. The minimum atomic E-state index is 0.0229. The minimum absolute atomic E-state index is 0.0229. The lowest BCUT2D eigenvalue weighted by atomic mass is 9.84. The van der Waals surface area contributed by atoms with Gasteiger partial charge in [0.2, 0.25) is 0 Å². The van der Waals surface area contributed by atoms with Crippen molar-refractivity contribution in [1.29, 1.82) is 0 Å². The average molecular weight is 248 g/mol. The molecule has 2 heteroatoms. The zero-order valence-electron chi connectivity index (χ0n) is 12.9. The molecule has 0 aliphatic rings. The van der Waals surface area contributed by atoms with Crippen LogP contribution in [0, 0.1) is 6.92 Å². The van der Waals surface area contributed by atoms with Crippen LogP contribution in [0.1, 0.15) is 56.3 Å². The van der Waals surface area contributed by atoms with Gasteiger partial charge >= 0.3 is 0 Å². The molecular formula is C16H28N2. The van der Waals surface area contributed by atoms with E-state index in [9.17, 15) is 0 Å². The zero-order chi connectivity index (χ0) is 13.9. The standard InChI is InChI=1S/C16H28N2/c1-11(2)13-9-8-12(3)14(10-13)15(17-6)16(4,5)18-7/h8-11,15,17-18H,1-7H3. The number of aryl methyl sites for hydroxylation is 1. The maximum atomic E-state index is 3.45. The van der Waals surface area contributed by atoms with E-state index in [0.717, 1.165) is 0 Å². The second kappa shape index (κ2) is 5.85. The van der Waals surface area contributed by atoms with Gasteiger partial charge in [-0.3, -0.25) is 0 Å². The van der Waals surface area contributed by atoms with Gasteiger partial charge in [0, 0.05) is 11.6 Å². The fourth-order valence-electron chi connectivity index (χ4n) is 2.38. The molecule has 1 aromatic rings. The van der Waals surface area contributed by atoms with Crippen molar-refractivity contribution in [2.24, 2.45) is 0 Å². The highest BCUT2D eigenvalue weighted by atomic mass is 15.0. The Balaban J connectivity index is 3.24. The quantitative estimate of drug-likeness (QED) is 0.835. The molecule has 18 heavy (non-hydrogen) atoms. The van der Waals surface area contributed by atoms with E-state index in [4.69, 9.17) is 0 Å². The normalized spacial score (nSPS) is 14.0. The Morgan fingerprint density at radius 3 is 2.17 bits per heavy atom. The van der Waals surface area contributed by atoms with E-state index in [2.05, 4.69) is 63.5 Å². The Kier molecular flexibility index (Phi) is 4.94. The number of hydrogen-bond donors (Lipinski definition) is 2. The van der Waals surface area contributed by atoms with Gasteiger partial charge in [-0.15, -0.1) is 0 Å². The van der Waals surface area contributed by atoms with Crippen LogP contribution in [-0.2, 0) is 0 Å². The Morgan fingerprint density at radius 2 is 1.72 bits per heavy atom. The van der Waals surface area contributed by atoms with Crippen LogP contribution < -0.4 is 10.6 Å². The summed E-state index contributed by atoms with van der Waals surface area (Å²) < 4.78 is 0. The van der Waals surface area contributed by atoms with Crippen LogP contribution in [0.25, 0.3) is 0 Å². The molecule has 0 aliphatic heterocycles. The molecule has 1 rings (SSSR count). The molecule has 2 N–H and O–H groups in total. The van der Waals surface area contributed by atoms with Crippen molar-refractivity contribution in [2.75, 3.05) is 14.1 Å². The summed E-state index contributed by atoms with van der Waals surface area (Å²) in [6.07, 6.45) is 0. The third-order valence-corrected chi connectivity index (χ3v) is 3.94. The van der Waals surface area contributed by atoms with Gasteiger partial charge in [-0.2, -0.15) is 0 Å². The SMILES string of the molecule is CNC(c1cc(C(C)C)ccc1C)C(C)(C)NC. The van der Waals surface area contributed by atoms with Gasteiger partial charge in [0.05, 0.1) is 0 Å². The van der Waals surface area contributed by atoms with Gasteiger partial charge in [-0.25, -0.2) is 0 Å². The van der Waals surface area contributed by atoms with Gasteiger partial charge in [0.25, 0.3) is 0 Å². The van der Waals surface area contributed by atoms with Gasteiger partial charge < -0.3 is 10.6 Å². The molecule has 0 aliphatic carbocycles. The van der Waals surface area contributed by atoms with Crippen molar-refractivity contribution in [3.63, 3.8) is 0 Å². The molecule has 0 saturated carbocycles. The first-order chi connectivity index (χ1) is 8.33. The third-order valence-electron chi connectivity index (χ3n) is 3.94. The van der Waals surface area contributed by atoms with Crippen LogP contribution in [0.2, 0.25) is 0 Å². The lowest BCUT2D eigenvalue weighted by molar-refractivity contribution is 0.310. The van der Waals surface area contributed by atoms with E-state index in [0.29, 0.717) is 12.0 Å². The molecule has 0 bridgehead atoms. The highest BCUT2D eigenvalue weighted by molar-refractivity contribution is 5.36. The van der Waals surface area contributed by atoms with E-state index in [-0.39, 0.29) is 5.54 Å². The predicted molar refractivity (Wildman–Crippen MR) is 80.2 cm³/mol. The summed E-state index contributed by atoms with van der Waals surface area (Å²) in [5.41, 5.74) is 4.17. The summed E-state index contributed by atoms with van der Waals surface area (Å²) in [4.78, 5) is 0. The number of rotatable bonds is 5. The maximum absolute atomic E-state index is 3.45. The summed E-state index contributed by atoms with van der Waals surface area (Å²) >= 11 is 0. The second-order valence-corrected chi connectivity index (χ2v) is 5.96. The van der Waals surface area contributed by atoms with E-state index >= 15 is 0 Å². The monoisotopic (exact) mass is 248 g/mol. The molecule has 0 spiro atoms. The summed E-state index contributed by atoms with van der Waals surface area (Å²) in [5.74, 6) is 0.569. The minimum Gasteiger partial charge on any atom is -0.313 e. The van der Waals surface area contributed by atoms with Crippen LogP contribution in [0.5, 0.6) is 0 Å². The summed E-state index contributed by atoms with van der Waals surface area (Å²) in [5, 5.41) is 6.86. The van der Waals surface area contributed by atoms with E-state index in [1.165, 1.54) is 16.7 Å². The number of nitrogens with one attached hydrogen (secondary N) is 2. The smallest absolute Gasteiger partial charge is 0.0499 e. The lowest BCUT2D eigenvalue weighted by Crippen LogP contribution is -2.47. The van der Waals surface area contributed by atoms with Gasteiger partial charge in [0.15, 0.2) is 0 Å². The van der Waals surface area contributed by atoms with Crippen molar-refractivity contribution < 1.29 is 0 Å². The van der Waals surface area contributed by atoms with Crippen molar-refractivity contribution >= 4 is 0 Å². The van der Waals surface area contributed by atoms with E-state index < -0.39 is 0 Å². The van der Waals surface area contributed by atoms with Crippen LogP contribution in [0.15, 0.2) is 18.2 Å². The van der Waals surface area contributed by atoms with Crippen LogP contribution in [0.3, 0.4) is 0 Å². The van der Waals surface area contributed by atoms with Gasteiger partial charge in [-0.1, -0.05) is 32.0 Å². The topological polar surface area (TPSA) is 24.1 Å². The average Bonchev–Trinajstić information content (AvgIpc) is 2.31. The number of hydrogen-bond acceptors (Lipinski definition) is 2. The Labute approximate surface area is 112 Å². The van der Waals surface area contributed by atoms with Crippen molar-refractivity contribution in [3.8, 4) is 0 Å². The molecular weight excluding hydrogens is 220 g/mol. The first-order valence-electron chi connectivity index (χ1n) is 6.80. The van der Waals surface area contributed by atoms with Crippen LogP contribution in [0.4, 0.5) is 0 Å². The third kappa shape index (κ3) is 3.12. The van der Waals surface area contributed by atoms with Gasteiger partial charge in [0.1, 0.15) is 0 Å². The summed E-state index contributed by atoms with van der Waals surface area (Å²) in [6, 6.07) is 7.13. The lowest BCUT2D eigenvalue weighted by Gasteiger charge is -2.35. The highest BCUT2D eigenvalue weighted by Gasteiger charge is 2.29.